The van der Waals surface area contributed by atoms with Gasteiger partial charge < -0.3 is 9.47 Å². The molecule has 3 fully saturated rings. The van der Waals surface area contributed by atoms with E-state index >= 15 is 0 Å². The molecule has 2 aliphatic carbocycles. The fraction of sp³-hybridized carbons (Fsp3) is 0.586. The van der Waals surface area contributed by atoms with Crippen LogP contribution >= 0.6 is 11.6 Å². The molecule has 0 amide bonds. The van der Waals surface area contributed by atoms with Crippen molar-refractivity contribution in [3.05, 3.63) is 64.2 Å². The summed E-state index contributed by atoms with van der Waals surface area (Å²) in [6, 6.07) is 15.1. The average Bonchev–Trinajstić information content (AvgIpc) is 3.41. The molecule has 0 bridgehead atoms. The number of hydrogen-bond acceptors (Lipinski definition) is 2. The Kier molecular flexibility index (Phi) is 6.29. The van der Waals surface area contributed by atoms with Crippen LogP contribution in [0.15, 0.2) is 42.5 Å². The number of fused-ring (bicyclic) bond motifs is 1. The first-order valence-corrected chi connectivity index (χ1v) is 13.0. The Hall–Kier alpha value is -1.51. The van der Waals surface area contributed by atoms with Crippen molar-refractivity contribution in [1.82, 2.24) is 0 Å². The van der Waals surface area contributed by atoms with Crippen molar-refractivity contribution < 1.29 is 9.47 Å². The number of ether oxygens (including phenoxy) is 2. The van der Waals surface area contributed by atoms with Crippen LogP contribution in [0.3, 0.4) is 0 Å². The Balaban J connectivity index is 1.28. The van der Waals surface area contributed by atoms with Gasteiger partial charge in [-0.05, 0) is 96.6 Å². The highest BCUT2D eigenvalue weighted by atomic mass is 35.5. The van der Waals surface area contributed by atoms with Crippen LogP contribution in [0.1, 0.15) is 76.2 Å². The Bertz CT molecular complexity index is 927. The molecule has 0 unspecified atom stereocenters. The van der Waals surface area contributed by atoms with E-state index in [0.29, 0.717) is 30.0 Å². The van der Waals surface area contributed by atoms with E-state index in [1.165, 1.54) is 36.0 Å². The second-order valence-electron chi connectivity index (χ2n) is 10.7. The number of rotatable bonds is 6. The first-order chi connectivity index (χ1) is 15.4. The van der Waals surface area contributed by atoms with E-state index in [-0.39, 0.29) is 6.10 Å². The van der Waals surface area contributed by atoms with Gasteiger partial charge in [-0.1, -0.05) is 63.6 Å². The Morgan fingerprint density at radius 1 is 0.906 bits per heavy atom. The zero-order valence-corrected chi connectivity index (χ0v) is 20.6. The third-order valence-corrected chi connectivity index (χ3v) is 9.03. The van der Waals surface area contributed by atoms with E-state index in [2.05, 4.69) is 70.2 Å². The normalized spacial score (nSPS) is 36.0. The lowest BCUT2D eigenvalue weighted by Gasteiger charge is -2.44. The highest BCUT2D eigenvalue weighted by Crippen LogP contribution is 2.52. The summed E-state index contributed by atoms with van der Waals surface area (Å²) < 4.78 is 12.8. The number of halogens is 1. The standard InChI is InChI=1S/C29H37ClO2/c1-5-28-18(3)17(2)19(4)29(32-28)21-8-11-27(30)24(13-21)12-20-6-9-25(10-7-20)31-26-15-22-14-23(22)16-26/h6-11,13,17-19,22-23,26,28-29H,5,12,14-16H2,1-4H3/t17-,18-,19+,22-,23+,26-,28+,29+/m0/s1. The summed E-state index contributed by atoms with van der Waals surface area (Å²) in [6.07, 6.45) is 6.68. The molecule has 3 heteroatoms. The summed E-state index contributed by atoms with van der Waals surface area (Å²) >= 11 is 6.63. The molecule has 2 nitrogen and oxygen atoms in total. The second-order valence-corrected chi connectivity index (χ2v) is 11.1. The Morgan fingerprint density at radius 3 is 2.31 bits per heavy atom. The molecule has 5 rings (SSSR count). The molecule has 0 aromatic heterocycles. The van der Waals surface area contributed by atoms with Crippen molar-refractivity contribution in [1.29, 1.82) is 0 Å². The minimum atomic E-state index is 0.135. The van der Waals surface area contributed by atoms with Gasteiger partial charge >= 0.3 is 0 Å². The van der Waals surface area contributed by atoms with Gasteiger partial charge in [-0.25, -0.2) is 0 Å². The lowest BCUT2D eigenvalue weighted by Crippen LogP contribution is -2.40. The Morgan fingerprint density at radius 2 is 1.62 bits per heavy atom. The van der Waals surface area contributed by atoms with Crippen LogP contribution in [0.5, 0.6) is 5.75 Å². The Labute approximate surface area is 198 Å². The highest BCUT2D eigenvalue weighted by Gasteiger charge is 2.46. The molecule has 0 radical (unpaired) electrons. The zero-order valence-electron chi connectivity index (χ0n) is 19.9. The molecule has 1 saturated heterocycles. The highest BCUT2D eigenvalue weighted by molar-refractivity contribution is 6.31. The molecule has 32 heavy (non-hydrogen) atoms. The SMILES string of the molecule is CC[C@H]1O[C@@H](c2ccc(Cl)c(Cc3ccc(O[C@H]4C[C@@H]5C[C@@H]5C4)cc3)c2)[C@H](C)[C@@H](C)[C@@H]1C. The van der Waals surface area contributed by atoms with Crippen molar-refractivity contribution >= 4 is 11.6 Å². The van der Waals surface area contributed by atoms with Crippen LogP contribution in [0.4, 0.5) is 0 Å². The predicted molar refractivity (Wildman–Crippen MR) is 131 cm³/mol. The van der Waals surface area contributed by atoms with E-state index in [4.69, 9.17) is 21.1 Å². The van der Waals surface area contributed by atoms with Crippen molar-refractivity contribution in [3.63, 3.8) is 0 Å². The van der Waals surface area contributed by atoms with Gasteiger partial charge in [0.1, 0.15) is 5.75 Å². The lowest BCUT2D eigenvalue weighted by atomic mass is 9.74. The summed E-state index contributed by atoms with van der Waals surface area (Å²) in [5.41, 5.74) is 3.69. The van der Waals surface area contributed by atoms with E-state index in [0.717, 1.165) is 35.4 Å². The van der Waals surface area contributed by atoms with Gasteiger partial charge in [-0.3, -0.25) is 0 Å². The summed E-state index contributed by atoms with van der Waals surface area (Å²) in [5, 5.41) is 0.830. The minimum absolute atomic E-state index is 0.135. The van der Waals surface area contributed by atoms with E-state index < -0.39 is 0 Å². The fourth-order valence-corrected chi connectivity index (χ4v) is 6.32. The first kappa shape index (κ1) is 22.3. The van der Waals surface area contributed by atoms with Crippen molar-refractivity contribution in [2.75, 3.05) is 0 Å². The molecular weight excluding hydrogens is 416 g/mol. The minimum Gasteiger partial charge on any atom is -0.490 e. The van der Waals surface area contributed by atoms with Gasteiger partial charge in [0.25, 0.3) is 0 Å². The van der Waals surface area contributed by atoms with E-state index in [1.807, 2.05) is 0 Å². The van der Waals surface area contributed by atoms with Crippen LogP contribution < -0.4 is 4.74 Å². The van der Waals surface area contributed by atoms with Gasteiger partial charge in [-0.15, -0.1) is 0 Å². The third-order valence-electron chi connectivity index (χ3n) is 8.67. The van der Waals surface area contributed by atoms with Gasteiger partial charge in [0.2, 0.25) is 0 Å². The summed E-state index contributed by atoms with van der Waals surface area (Å²) in [4.78, 5) is 0. The predicted octanol–water partition coefficient (Wildman–Crippen LogP) is 7.87. The molecule has 2 aromatic carbocycles. The smallest absolute Gasteiger partial charge is 0.119 e. The van der Waals surface area contributed by atoms with Crippen molar-refractivity contribution in [2.45, 2.75) is 78.1 Å². The molecule has 0 spiro atoms. The largest absolute Gasteiger partial charge is 0.490 e. The average molecular weight is 453 g/mol. The zero-order chi connectivity index (χ0) is 22.4. The monoisotopic (exact) mass is 452 g/mol. The molecule has 1 heterocycles. The van der Waals surface area contributed by atoms with E-state index in [9.17, 15) is 0 Å². The molecule has 0 N–H and O–H groups in total. The lowest BCUT2D eigenvalue weighted by molar-refractivity contribution is -0.136. The van der Waals surface area contributed by atoms with Crippen LogP contribution in [-0.2, 0) is 11.2 Å². The number of benzene rings is 2. The fourth-order valence-electron chi connectivity index (χ4n) is 6.14. The van der Waals surface area contributed by atoms with Crippen LogP contribution in [0, 0.1) is 29.6 Å². The van der Waals surface area contributed by atoms with Crippen LogP contribution in [0.25, 0.3) is 0 Å². The number of hydrogen-bond donors (Lipinski definition) is 0. The van der Waals surface area contributed by atoms with Crippen molar-refractivity contribution in [2.24, 2.45) is 29.6 Å². The molecule has 3 aliphatic rings. The van der Waals surface area contributed by atoms with Gasteiger partial charge in [0, 0.05) is 5.02 Å². The quantitative estimate of drug-likeness (QED) is 0.444. The third kappa shape index (κ3) is 4.46. The molecular formula is C29H37ClO2. The van der Waals surface area contributed by atoms with Crippen LogP contribution in [-0.4, -0.2) is 12.2 Å². The van der Waals surface area contributed by atoms with Crippen molar-refractivity contribution in [3.8, 4) is 5.75 Å². The molecule has 8 atom stereocenters. The summed E-state index contributed by atoms with van der Waals surface area (Å²) in [5.74, 6) is 4.61. The van der Waals surface area contributed by atoms with Gasteiger partial charge in [-0.2, -0.15) is 0 Å². The van der Waals surface area contributed by atoms with Gasteiger partial charge in [0.15, 0.2) is 0 Å². The summed E-state index contributed by atoms with van der Waals surface area (Å²) in [6.45, 7) is 9.28. The maximum Gasteiger partial charge on any atom is 0.119 e. The van der Waals surface area contributed by atoms with Gasteiger partial charge in [0.05, 0.1) is 18.3 Å². The second kappa shape index (κ2) is 9.03. The molecule has 172 valence electrons. The molecule has 2 saturated carbocycles. The molecule has 2 aromatic rings. The topological polar surface area (TPSA) is 18.5 Å². The van der Waals surface area contributed by atoms with E-state index in [1.54, 1.807) is 0 Å². The summed E-state index contributed by atoms with van der Waals surface area (Å²) in [7, 11) is 0. The maximum absolute atomic E-state index is 6.63. The molecule has 1 aliphatic heterocycles. The maximum atomic E-state index is 6.63. The van der Waals surface area contributed by atoms with Crippen LogP contribution in [0.2, 0.25) is 5.02 Å². The first-order valence-electron chi connectivity index (χ1n) is 12.6.